The van der Waals surface area contributed by atoms with Gasteiger partial charge < -0.3 is 10.3 Å². The number of benzene rings is 1. The van der Waals surface area contributed by atoms with Gasteiger partial charge in [-0.1, -0.05) is 32.4 Å². The lowest BCUT2D eigenvalue weighted by molar-refractivity contribution is 0.504. The molecule has 0 aliphatic heterocycles. The average molecular weight is 308 g/mol. The van der Waals surface area contributed by atoms with Crippen LogP contribution in [0.3, 0.4) is 0 Å². The summed E-state index contributed by atoms with van der Waals surface area (Å²) in [7, 11) is 0. The Morgan fingerprint density at radius 1 is 1.33 bits per heavy atom. The van der Waals surface area contributed by atoms with Crippen LogP contribution in [0.4, 0.5) is 10.2 Å². The van der Waals surface area contributed by atoms with Crippen molar-refractivity contribution in [3.8, 4) is 11.3 Å². The number of anilines is 1. The van der Waals surface area contributed by atoms with Crippen molar-refractivity contribution in [3.63, 3.8) is 0 Å². The highest BCUT2D eigenvalue weighted by molar-refractivity contribution is 6.30. The van der Waals surface area contributed by atoms with E-state index in [1.54, 1.807) is 6.07 Å². The molecule has 0 amide bonds. The Morgan fingerprint density at radius 3 is 2.57 bits per heavy atom. The first-order valence-corrected chi connectivity index (χ1v) is 7.50. The smallest absolute Gasteiger partial charge is 0.132 e. The molecule has 1 saturated carbocycles. The SMILES string of the molecule is CC(C)(C)c1nc(-c2cc(Cl)ccc2F)c(N)n1C1CC1. The van der Waals surface area contributed by atoms with Crippen molar-refractivity contribution in [1.29, 1.82) is 0 Å². The van der Waals surface area contributed by atoms with Crippen LogP contribution in [0, 0.1) is 5.82 Å². The maximum Gasteiger partial charge on any atom is 0.132 e. The molecule has 2 aromatic rings. The molecule has 1 aromatic heterocycles. The second-order valence-electron chi connectivity index (χ2n) is 6.64. The third-order valence-electron chi connectivity index (χ3n) is 3.71. The molecule has 0 unspecified atom stereocenters. The summed E-state index contributed by atoms with van der Waals surface area (Å²) in [5.41, 5.74) is 6.99. The maximum absolute atomic E-state index is 14.1. The number of hydrogen-bond acceptors (Lipinski definition) is 2. The molecule has 1 fully saturated rings. The van der Waals surface area contributed by atoms with E-state index in [-0.39, 0.29) is 11.2 Å². The van der Waals surface area contributed by atoms with Crippen molar-refractivity contribution in [2.75, 3.05) is 5.73 Å². The molecular formula is C16H19ClFN3. The summed E-state index contributed by atoms with van der Waals surface area (Å²) in [6.45, 7) is 6.27. The lowest BCUT2D eigenvalue weighted by Crippen LogP contribution is -2.19. The van der Waals surface area contributed by atoms with Gasteiger partial charge in [-0.15, -0.1) is 0 Å². The molecule has 21 heavy (non-hydrogen) atoms. The number of nitrogens with two attached hydrogens (primary N) is 1. The molecule has 5 heteroatoms. The predicted molar refractivity (Wildman–Crippen MR) is 84.0 cm³/mol. The van der Waals surface area contributed by atoms with Crippen LogP contribution >= 0.6 is 11.6 Å². The largest absolute Gasteiger partial charge is 0.383 e. The van der Waals surface area contributed by atoms with Crippen LogP contribution in [0.1, 0.15) is 45.5 Å². The molecule has 1 aromatic carbocycles. The maximum atomic E-state index is 14.1. The van der Waals surface area contributed by atoms with Crippen LogP contribution in [0.15, 0.2) is 18.2 Å². The van der Waals surface area contributed by atoms with Crippen molar-refractivity contribution >= 4 is 17.4 Å². The van der Waals surface area contributed by atoms with Crippen LogP contribution in [0.5, 0.6) is 0 Å². The zero-order chi connectivity index (χ0) is 15.4. The second kappa shape index (κ2) is 4.73. The third kappa shape index (κ3) is 2.53. The summed E-state index contributed by atoms with van der Waals surface area (Å²) < 4.78 is 16.2. The minimum atomic E-state index is -0.355. The Kier molecular flexibility index (Phi) is 3.24. The molecule has 0 atom stereocenters. The van der Waals surface area contributed by atoms with Gasteiger partial charge in [-0.25, -0.2) is 9.37 Å². The number of imidazole rings is 1. The van der Waals surface area contributed by atoms with Gasteiger partial charge in [0.1, 0.15) is 23.2 Å². The third-order valence-corrected chi connectivity index (χ3v) is 3.95. The van der Waals surface area contributed by atoms with Crippen LogP contribution in [0.25, 0.3) is 11.3 Å². The highest BCUT2D eigenvalue weighted by Gasteiger charge is 2.34. The minimum absolute atomic E-state index is 0.149. The summed E-state index contributed by atoms with van der Waals surface area (Å²) in [4.78, 5) is 4.65. The van der Waals surface area contributed by atoms with Crippen LogP contribution < -0.4 is 5.73 Å². The number of nitrogens with zero attached hydrogens (tertiary/aromatic N) is 2. The second-order valence-corrected chi connectivity index (χ2v) is 7.08. The Balaban J connectivity index is 2.22. The average Bonchev–Trinajstić information content (AvgIpc) is 3.15. The first-order valence-electron chi connectivity index (χ1n) is 7.12. The quantitative estimate of drug-likeness (QED) is 0.884. The van der Waals surface area contributed by atoms with E-state index < -0.39 is 0 Å². The van der Waals surface area contributed by atoms with E-state index in [1.165, 1.54) is 12.1 Å². The normalized spacial score (nSPS) is 15.5. The molecule has 0 spiro atoms. The van der Waals surface area contributed by atoms with Gasteiger partial charge in [0.15, 0.2) is 0 Å². The number of hydrogen-bond donors (Lipinski definition) is 1. The molecule has 0 saturated heterocycles. The summed E-state index contributed by atoms with van der Waals surface area (Å²) in [6, 6.07) is 4.85. The Labute approximate surface area is 128 Å². The van der Waals surface area contributed by atoms with Crippen LogP contribution in [-0.4, -0.2) is 9.55 Å². The number of nitrogen functional groups attached to an aromatic ring is 1. The molecule has 3 nitrogen and oxygen atoms in total. The summed E-state index contributed by atoms with van der Waals surface area (Å²) in [5.74, 6) is 1.08. The highest BCUT2D eigenvalue weighted by Crippen LogP contribution is 2.44. The molecule has 2 N–H and O–H groups in total. The monoisotopic (exact) mass is 307 g/mol. The van der Waals surface area contributed by atoms with Crippen LogP contribution in [0.2, 0.25) is 5.02 Å². The molecule has 1 aliphatic carbocycles. The van der Waals surface area contributed by atoms with E-state index in [0.29, 0.717) is 28.1 Å². The van der Waals surface area contributed by atoms with E-state index in [0.717, 1.165) is 18.7 Å². The first kappa shape index (κ1) is 14.4. The molecule has 1 heterocycles. The fourth-order valence-corrected chi connectivity index (χ4v) is 2.73. The van der Waals surface area contributed by atoms with Gasteiger partial charge >= 0.3 is 0 Å². The molecule has 0 bridgehead atoms. The summed E-state index contributed by atoms with van der Waals surface area (Å²) in [5, 5.41) is 0.476. The summed E-state index contributed by atoms with van der Waals surface area (Å²) in [6.07, 6.45) is 2.20. The van der Waals surface area contributed by atoms with Gasteiger partial charge in [-0.2, -0.15) is 0 Å². The van der Waals surface area contributed by atoms with Crippen molar-refractivity contribution in [2.45, 2.75) is 45.1 Å². The zero-order valence-electron chi connectivity index (χ0n) is 12.5. The van der Waals surface area contributed by atoms with E-state index in [2.05, 4.69) is 30.3 Å². The van der Waals surface area contributed by atoms with E-state index >= 15 is 0 Å². The molecule has 0 radical (unpaired) electrons. The number of aromatic nitrogens is 2. The van der Waals surface area contributed by atoms with E-state index in [9.17, 15) is 4.39 Å². The number of halogens is 2. The fourth-order valence-electron chi connectivity index (χ4n) is 2.55. The molecule has 112 valence electrons. The molecule has 1 aliphatic rings. The van der Waals surface area contributed by atoms with E-state index in [1.807, 2.05) is 0 Å². The molecular weight excluding hydrogens is 289 g/mol. The van der Waals surface area contributed by atoms with Gasteiger partial charge in [0.25, 0.3) is 0 Å². The minimum Gasteiger partial charge on any atom is -0.383 e. The lowest BCUT2D eigenvalue weighted by atomic mass is 9.95. The lowest BCUT2D eigenvalue weighted by Gasteiger charge is -2.20. The number of rotatable bonds is 2. The van der Waals surface area contributed by atoms with Crippen molar-refractivity contribution in [1.82, 2.24) is 9.55 Å². The standard InChI is InChI=1S/C16H19ClFN3/c1-16(2,3)15-20-13(14(19)21(15)10-5-6-10)11-8-9(17)4-7-12(11)18/h4,7-8,10H,5-6,19H2,1-3H3. The van der Waals surface area contributed by atoms with Crippen LogP contribution in [-0.2, 0) is 5.41 Å². The predicted octanol–water partition coefficient (Wildman–Crippen LogP) is 4.56. The molecule has 3 rings (SSSR count). The first-order chi connectivity index (χ1) is 9.79. The van der Waals surface area contributed by atoms with Gasteiger partial charge in [0.05, 0.1) is 0 Å². The highest BCUT2D eigenvalue weighted by atomic mass is 35.5. The Hall–Kier alpha value is -1.55. The van der Waals surface area contributed by atoms with Gasteiger partial charge in [-0.05, 0) is 31.0 Å². The van der Waals surface area contributed by atoms with Crippen molar-refractivity contribution in [2.24, 2.45) is 0 Å². The Morgan fingerprint density at radius 2 is 2.00 bits per heavy atom. The van der Waals surface area contributed by atoms with E-state index in [4.69, 9.17) is 17.3 Å². The Bertz CT molecular complexity index is 696. The van der Waals surface area contributed by atoms with Crippen molar-refractivity contribution in [3.05, 3.63) is 34.9 Å². The van der Waals surface area contributed by atoms with Crippen molar-refractivity contribution < 1.29 is 4.39 Å². The van der Waals surface area contributed by atoms with Gasteiger partial charge in [-0.3, -0.25) is 0 Å². The van der Waals surface area contributed by atoms with Gasteiger partial charge in [0, 0.05) is 22.0 Å². The van der Waals surface area contributed by atoms with Gasteiger partial charge in [0.2, 0.25) is 0 Å². The fraction of sp³-hybridized carbons (Fsp3) is 0.438. The topological polar surface area (TPSA) is 43.8 Å². The zero-order valence-corrected chi connectivity index (χ0v) is 13.2. The summed E-state index contributed by atoms with van der Waals surface area (Å²) >= 11 is 5.99.